The molecule has 2 aromatic rings. The van der Waals surface area contributed by atoms with Crippen molar-refractivity contribution in [2.24, 2.45) is 0 Å². The van der Waals surface area contributed by atoms with Gasteiger partial charge >= 0.3 is 0 Å². The monoisotopic (exact) mass is 278 g/mol. The second-order valence-electron chi connectivity index (χ2n) is 4.82. The second-order valence-corrected chi connectivity index (χ2v) is 5.58. The van der Waals surface area contributed by atoms with Gasteiger partial charge in [0.1, 0.15) is 0 Å². The molecule has 18 heavy (non-hydrogen) atoms. The van der Waals surface area contributed by atoms with E-state index in [0.29, 0.717) is 0 Å². The highest BCUT2D eigenvalue weighted by molar-refractivity contribution is 7.79. The van der Waals surface area contributed by atoms with Gasteiger partial charge in [-0.1, -0.05) is 11.6 Å². The zero-order valence-electron chi connectivity index (χ0n) is 10.3. The fourth-order valence-electron chi connectivity index (χ4n) is 2.62. The summed E-state index contributed by atoms with van der Waals surface area (Å²) in [6.45, 7) is 2.03. The summed E-state index contributed by atoms with van der Waals surface area (Å²) in [7, 11) is 2.15. The lowest BCUT2D eigenvalue weighted by Crippen LogP contribution is -2.28. The summed E-state index contributed by atoms with van der Waals surface area (Å²) < 4.78 is 0. The van der Waals surface area contributed by atoms with Gasteiger partial charge in [0.25, 0.3) is 0 Å². The molecule has 4 heteroatoms. The van der Waals surface area contributed by atoms with Crippen molar-refractivity contribution >= 4 is 35.1 Å². The Balaban J connectivity index is 2.31. The molecule has 2 heterocycles. The molecule has 0 saturated carbocycles. The second kappa shape index (κ2) is 4.72. The van der Waals surface area contributed by atoms with E-state index < -0.39 is 0 Å². The standard InChI is InChI=1S/C14H15ClN2S/c1-17-5-4-14-11(7-17)12(8-18)10-6-9(15)2-3-13(10)16-14/h2-3,6,18H,4-5,7-8H2,1H3. The molecule has 0 atom stereocenters. The summed E-state index contributed by atoms with van der Waals surface area (Å²) in [5.74, 6) is 0.732. The molecule has 0 radical (unpaired) electrons. The third-order valence-corrected chi connectivity index (χ3v) is 4.12. The number of nitrogens with zero attached hydrogens (tertiary/aromatic N) is 2. The van der Waals surface area contributed by atoms with E-state index in [4.69, 9.17) is 16.6 Å². The van der Waals surface area contributed by atoms with E-state index in [-0.39, 0.29) is 0 Å². The van der Waals surface area contributed by atoms with Crippen molar-refractivity contribution in [3.63, 3.8) is 0 Å². The minimum Gasteiger partial charge on any atom is -0.302 e. The summed E-state index contributed by atoms with van der Waals surface area (Å²) in [5.41, 5.74) is 4.89. The first kappa shape index (κ1) is 12.3. The fourth-order valence-corrected chi connectivity index (χ4v) is 3.15. The van der Waals surface area contributed by atoms with E-state index >= 15 is 0 Å². The number of likely N-dealkylation sites (N-methyl/N-ethyl adjacent to an activating group) is 1. The SMILES string of the molecule is CN1CCc2nc3ccc(Cl)cc3c(CS)c2C1. The van der Waals surface area contributed by atoms with Crippen LogP contribution in [-0.4, -0.2) is 23.5 Å². The number of hydrogen-bond donors (Lipinski definition) is 1. The molecule has 0 bridgehead atoms. The van der Waals surface area contributed by atoms with Crippen molar-refractivity contribution in [2.45, 2.75) is 18.7 Å². The lowest BCUT2D eigenvalue weighted by Gasteiger charge is -2.27. The molecular formula is C14H15ClN2S. The molecule has 0 N–H and O–H groups in total. The third-order valence-electron chi connectivity index (χ3n) is 3.57. The molecule has 1 aliphatic rings. The average molecular weight is 279 g/mol. The molecule has 0 fully saturated rings. The number of rotatable bonds is 1. The third kappa shape index (κ3) is 2.00. The lowest BCUT2D eigenvalue weighted by atomic mass is 9.97. The van der Waals surface area contributed by atoms with Gasteiger partial charge in [0.15, 0.2) is 0 Å². The van der Waals surface area contributed by atoms with Crippen molar-refractivity contribution < 1.29 is 0 Å². The van der Waals surface area contributed by atoms with Gasteiger partial charge in [-0.05, 0) is 36.4 Å². The van der Waals surface area contributed by atoms with Gasteiger partial charge in [-0.2, -0.15) is 12.6 Å². The van der Waals surface area contributed by atoms with Gasteiger partial charge < -0.3 is 4.90 Å². The van der Waals surface area contributed by atoms with Crippen LogP contribution < -0.4 is 0 Å². The Bertz CT molecular complexity index is 612. The van der Waals surface area contributed by atoms with Crippen LogP contribution in [0.25, 0.3) is 10.9 Å². The van der Waals surface area contributed by atoms with Gasteiger partial charge in [0.2, 0.25) is 0 Å². The first-order valence-electron chi connectivity index (χ1n) is 6.08. The molecular weight excluding hydrogens is 264 g/mol. The Hall–Kier alpha value is -0.770. The summed E-state index contributed by atoms with van der Waals surface area (Å²) in [6, 6.07) is 5.91. The number of thiol groups is 1. The predicted octanol–water partition coefficient (Wildman–Crippen LogP) is 3.31. The molecule has 1 aromatic heterocycles. The highest BCUT2D eigenvalue weighted by atomic mass is 35.5. The number of pyridine rings is 1. The highest BCUT2D eigenvalue weighted by Crippen LogP contribution is 2.30. The van der Waals surface area contributed by atoms with Crippen LogP contribution in [0.3, 0.4) is 0 Å². The molecule has 0 saturated heterocycles. The summed E-state index contributed by atoms with van der Waals surface area (Å²) in [5, 5.41) is 1.91. The molecule has 0 unspecified atom stereocenters. The molecule has 2 nitrogen and oxygen atoms in total. The maximum Gasteiger partial charge on any atom is 0.0709 e. The van der Waals surface area contributed by atoms with Crippen molar-refractivity contribution in [3.05, 3.63) is 40.0 Å². The molecule has 1 aromatic carbocycles. The Morgan fingerprint density at radius 1 is 1.44 bits per heavy atom. The van der Waals surface area contributed by atoms with Crippen LogP contribution in [0, 0.1) is 0 Å². The summed E-state index contributed by atoms with van der Waals surface area (Å²) in [6.07, 6.45) is 1.02. The van der Waals surface area contributed by atoms with E-state index in [9.17, 15) is 0 Å². The smallest absolute Gasteiger partial charge is 0.0709 e. The maximum absolute atomic E-state index is 6.10. The van der Waals surface area contributed by atoms with Crippen LogP contribution in [0.1, 0.15) is 16.8 Å². The first-order chi connectivity index (χ1) is 8.69. The molecule has 0 amide bonds. The number of benzene rings is 1. The molecule has 3 rings (SSSR count). The van der Waals surface area contributed by atoms with Crippen molar-refractivity contribution in [1.82, 2.24) is 9.88 Å². The number of halogens is 1. The van der Waals surface area contributed by atoms with Gasteiger partial charge in [-0.25, -0.2) is 0 Å². The van der Waals surface area contributed by atoms with Crippen LogP contribution in [0.15, 0.2) is 18.2 Å². The van der Waals surface area contributed by atoms with E-state index in [0.717, 1.165) is 41.2 Å². The Morgan fingerprint density at radius 3 is 3.06 bits per heavy atom. The quantitative estimate of drug-likeness (QED) is 0.806. The van der Waals surface area contributed by atoms with Crippen molar-refractivity contribution in [1.29, 1.82) is 0 Å². The van der Waals surface area contributed by atoms with Crippen LogP contribution in [-0.2, 0) is 18.7 Å². The Kier molecular flexibility index (Phi) is 3.22. The summed E-state index contributed by atoms with van der Waals surface area (Å²) >= 11 is 10.6. The van der Waals surface area contributed by atoms with E-state index in [1.54, 1.807) is 0 Å². The maximum atomic E-state index is 6.10. The van der Waals surface area contributed by atoms with E-state index in [1.807, 2.05) is 18.2 Å². The molecule has 0 spiro atoms. The Labute approximate surface area is 117 Å². The van der Waals surface area contributed by atoms with Crippen LogP contribution in [0.2, 0.25) is 5.02 Å². The zero-order chi connectivity index (χ0) is 12.7. The van der Waals surface area contributed by atoms with Crippen LogP contribution >= 0.6 is 24.2 Å². The van der Waals surface area contributed by atoms with Crippen LogP contribution in [0.5, 0.6) is 0 Å². The van der Waals surface area contributed by atoms with Gasteiger partial charge in [0.05, 0.1) is 5.52 Å². The first-order valence-corrected chi connectivity index (χ1v) is 7.09. The lowest BCUT2D eigenvalue weighted by molar-refractivity contribution is 0.309. The average Bonchev–Trinajstić information content (AvgIpc) is 2.36. The van der Waals surface area contributed by atoms with Gasteiger partial charge in [0, 0.05) is 41.4 Å². The Morgan fingerprint density at radius 2 is 2.28 bits per heavy atom. The normalized spacial score (nSPS) is 15.9. The fraction of sp³-hybridized carbons (Fsp3) is 0.357. The van der Waals surface area contributed by atoms with Crippen molar-refractivity contribution in [3.8, 4) is 0 Å². The van der Waals surface area contributed by atoms with Gasteiger partial charge in [-0.3, -0.25) is 4.98 Å². The minimum atomic E-state index is 0.732. The number of fused-ring (bicyclic) bond motifs is 2. The molecule has 1 aliphatic heterocycles. The van der Waals surface area contributed by atoms with Gasteiger partial charge in [-0.15, -0.1) is 0 Å². The molecule has 94 valence electrons. The minimum absolute atomic E-state index is 0.732. The van der Waals surface area contributed by atoms with Crippen molar-refractivity contribution in [2.75, 3.05) is 13.6 Å². The topological polar surface area (TPSA) is 16.1 Å². The summed E-state index contributed by atoms with van der Waals surface area (Å²) in [4.78, 5) is 7.11. The van der Waals surface area contributed by atoms with E-state index in [1.165, 1.54) is 16.8 Å². The molecule has 0 aliphatic carbocycles. The zero-order valence-corrected chi connectivity index (χ0v) is 11.9. The number of aromatic nitrogens is 1. The van der Waals surface area contributed by atoms with E-state index in [2.05, 4.69) is 24.6 Å². The van der Waals surface area contributed by atoms with Crippen LogP contribution in [0.4, 0.5) is 0 Å². The number of hydrogen-bond acceptors (Lipinski definition) is 3. The largest absolute Gasteiger partial charge is 0.302 e. The predicted molar refractivity (Wildman–Crippen MR) is 79.5 cm³/mol. The highest BCUT2D eigenvalue weighted by Gasteiger charge is 2.19.